The summed E-state index contributed by atoms with van der Waals surface area (Å²) in [7, 11) is 0. The largest absolute Gasteiger partial charge is 0.465 e. The third-order valence-corrected chi connectivity index (χ3v) is 2.36. The van der Waals surface area contributed by atoms with E-state index in [0.29, 0.717) is 19.4 Å². The van der Waals surface area contributed by atoms with Gasteiger partial charge in [-0.25, -0.2) is 0 Å². The molecular formula is C10H17NO2. The molecule has 0 unspecified atom stereocenters. The summed E-state index contributed by atoms with van der Waals surface area (Å²) in [5.41, 5.74) is 5.22. The van der Waals surface area contributed by atoms with Crippen molar-refractivity contribution < 1.29 is 9.53 Å². The van der Waals surface area contributed by atoms with Crippen LogP contribution in [0, 0.1) is 0 Å². The van der Waals surface area contributed by atoms with Crippen LogP contribution in [0.15, 0.2) is 12.2 Å². The van der Waals surface area contributed by atoms with E-state index >= 15 is 0 Å². The Labute approximate surface area is 78.9 Å². The lowest BCUT2D eigenvalue weighted by Crippen LogP contribution is -2.48. The molecule has 3 nitrogen and oxygen atoms in total. The van der Waals surface area contributed by atoms with E-state index in [9.17, 15) is 4.79 Å². The molecule has 0 aromatic heterocycles. The van der Waals surface area contributed by atoms with E-state index in [1.54, 1.807) is 6.92 Å². The summed E-state index contributed by atoms with van der Waals surface area (Å²) in [4.78, 5) is 11.5. The highest BCUT2D eigenvalue weighted by Crippen LogP contribution is 2.22. The van der Waals surface area contributed by atoms with Crippen LogP contribution in [0.25, 0.3) is 0 Å². The van der Waals surface area contributed by atoms with Crippen molar-refractivity contribution in [2.45, 2.75) is 38.1 Å². The number of nitrogens with two attached hydrogens (primary N) is 1. The molecule has 0 atom stereocenters. The smallest absolute Gasteiger partial charge is 0.326 e. The fraction of sp³-hybridized carbons (Fsp3) is 0.700. The maximum atomic E-state index is 11.5. The fourth-order valence-corrected chi connectivity index (χ4v) is 1.52. The van der Waals surface area contributed by atoms with Crippen LogP contribution in [0.5, 0.6) is 0 Å². The van der Waals surface area contributed by atoms with E-state index in [-0.39, 0.29) is 5.97 Å². The van der Waals surface area contributed by atoms with Gasteiger partial charge in [-0.3, -0.25) is 4.79 Å². The van der Waals surface area contributed by atoms with Crippen molar-refractivity contribution >= 4 is 5.97 Å². The molecule has 0 radical (unpaired) electrons. The van der Waals surface area contributed by atoms with Crippen LogP contribution >= 0.6 is 0 Å². The molecule has 74 valence electrons. The highest BCUT2D eigenvalue weighted by molar-refractivity contribution is 5.80. The minimum Gasteiger partial charge on any atom is -0.465 e. The summed E-state index contributed by atoms with van der Waals surface area (Å²) in [5.74, 6) is -0.251. The fourth-order valence-electron chi connectivity index (χ4n) is 1.52. The van der Waals surface area contributed by atoms with Gasteiger partial charge in [-0.2, -0.15) is 0 Å². The van der Waals surface area contributed by atoms with Crippen molar-refractivity contribution in [2.24, 2.45) is 5.73 Å². The molecule has 0 aromatic carbocycles. The molecule has 0 bridgehead atoms. The average molecular weight is 183 g/mol. The first kappa shape index (κ1) is 10.3. The van der Waals surface area contributed by atoms with Gasteiger partial charge in [0.05, 0.1) is 6.61 Å². The summed E-state index contributed by atoms with van der Waals surface area (Å²) in [6, 6.07) is 0. The van der Waals surface area contributed by atoms with Gasteiger partial charge in [0, 0.05) is 0 Å². The van der Waals surface area contributed by atoms with E-state index in [1.807, 2.05) is 0 Å². The van der Waals surface area contributed by atoms with Gasteiger partial charge in [0.25, 0.3) is 0 Å². The van der Waals surface area contributed by atoms with Crippen LogP contribution in [-0.2, 0) is 9.53 Å². The standard InChI is InChI=1S/C10H17NO2/c1-2-13-9(12)10(11)7-5-3-4-6-8-10/h3-4H,2,5-8,11H2,1H3. The van der Waals surface area contributed by atoms with E-state index < -0.39 is 5.54 Å². The Morgan fingerprint density at radius 1 is 1.46 bits per heavy atom. The Morgan fingerprint density at radius 2 is 2.00 bits per heavy atom. The maximum Gasteiger partial charge on any atom is 0.326 e. The van der Waals surface area contributed by atoms with Crippen molar-refractivity contribution in [1.82, 2.24) is 0 Å². The molecule has 2 N–H and O–H groups in total. The van der Waals surface area contributed by atoms with Crippen LogP contribution in [0.2, 0.25) is 0 Å². The third-order valence-electron chi connectivity index (χ3n) is 2.36. The minimum atomic E-state index is -0.750. The third kappa shape index (κ3) is 2.56. The SMILES string of the molecule is CCOC(=O)C1(N)CCC=CCC1. The predicted molar refractivity (Wildman–Crippen MR) is 51.2 cm³/mol. The lowest BCUT2D eigenvalue weighted by atomic mass is 9.91. The Kier molecular flexibility index (Phi) is 3.48. The van der Waals surface area contributed by atoms with Gasteiger partial charge in [-0.15, -0.1) is 0 Å². The Balaban J connectivity index is 2.58. The zero-order valence-electron chi connectivity index (χ0n) is 8.08. The molecule has 0 aromatic rings. The van der Waals surface area contributed by atoms with Crippen LogP contribution in [-0.4, -0.2) is 18.1 Å². The van der Waals surface area contributed by atoms with Crippen molar-refractivity contribution in [1.29, 1.82) is 0 Å². The molecule has 1 aliphatic carbocycles. The first-order chi connectivity index (χ1) is 6.19. The molecule has 0 saturated heterocycles. The second kappa shape index (κ2) is 4.42. The summed E-state index contributed by atoms with van der Waals surface area (Å²) < 4.78 is 4.95. The number of ether oxygens (including phenoxy) is 1. The van der Waals surface area contributed by atoms with Crippen molar-refractivity contribution in [3.63, 3.8) is 0 Å². The number of rotatable bonds is 2. The van der Waals surface area contributed by atoms with Crippen molar-refractivity contribution in [3.05, 3.63) is 12.2 Å². The molecule has 3 heteroatoms. The van der Waals surface area contributed by atoms with Gasteiger partial charge in [0.2, 0.25) is 0 Å². The van der Waals surface area contributed by atoms with Crippen LogP contribution < -0.4 is 5.73 Å². The number of hydrogen-bond donors (Lipinski definition) is 1. The van der Waals surface area contributed by atoms with Crippen molar-refractivity contribution in [2.75, 3.05) is 6.61 Å². The quantitative estimate of drug-likeness (QED) is 0.519. The summed E-state index contributed by atoms with van der Waals surface area (Å²) in [6.45, 7) is 2.21. The molecule has 1 rings (SSSR count). The molecule has 0 aliphatic heterocycles. The molecular weight excluding hydrogens is 166 g/mol. The second-order valence-electron chi connectivity index (χ2n) is 3.43. The zero-order valence-corrected chi connectivity index (χ0v) is 8.08. The summed E-state index contributed by atoms with van der Waals surface area (Å²) >= 11 is 0. The lowest BCUT2D eigenvalue weighted by Gasteiger charge is -2.24. The monoisotopic (exact) mass is 183 g/mol. The first-order valence-corrected chi connectivity index (χ1v) is 4.80. The number of hydrogen-bond acceptors (Lipinski definition) is 3. The molecule has 0 amide bonds. The van der Waals surface area contributed by atoms with E-state index in [1.165, 1.54) is 0 Å². The van der Waals surface area contributed by atoms with Crippen LogP contribution in [0.1, 0.15) is 32.6 Å². The second-order valence-corrected chi connectivity index (χ2v) is 3.43. The van der Waals surface area contributed by atoms with Gasteiger partial charge >= 0.3 is 5.97 Å². The molecule has 0 heterocycles. The van der Waals surface area contributed by atoms with Gasteiger partial charge in [-0.1, -0.05) is 12.2 Å². The molecule has 0 spiro atoms. The van der Waals surface area contributed by atoms with Crippen LogP contribution in [0.3, 0.4) is 0 Å². The zero-order chi connectivity index (χ0) is 9.73. The average Bonchev–Trinajstić information content (AvgIpc) is 2.32. The highest BCUT2D eigenvalue weighted by Gasteiger charge is 2.34. The summed E-state index contributed by atoms with van der Waals surface area (Å²) in [6.07, 6.45) is 7.29. The minimum absolute atomic E-state index is 0.251. The molecule has 13 heavy (non-hydrogen) atoms. The molecule has 0 saturated carbocycles. The Bertz CT molecular complexity index is 201. The maximum absolute atomic E-state index is 11.5. The van der Waals surface area contributed by atoms with Crippen molar-refractivity contribution in [3.8, 4) is 0 Å². The van der Waals surface area contributed by atoms with Gasteiger partial charge in [-0.05, 0) is 32.6 Å². The van der Waals surface area contributed by atoms with E-state index in [4.69, 9.17) is 10.5 Å². The first-order valence-electron chi connectivity index (χ1n) is 4.80. The van der Waals surface area contributed by atoms with Gasteiger partial charge < -0.3 is 10.5 Å². The topological polar surface area (TPSA) is 52.3 Å². The van der Waals surface area contributed by atoms with Gasteiger partial charge in [0.1, 0.15) is 5.54 Å². The predicted octanol–water partition coefficient (Wildman–Crippen LogP) is 1.38. The number of esters is 1. The normalized spacial score (nSPS) is 20.8. The Morgan fingerprint density at radius 3 is 2.46 bits per heavy atom. The Hall–Kier alpha value is -0.830. The summed E-state index contributed by atoms with van der Waals surface area (Å²) in [5, 5.41) is 0. The molecule has 0 fully saturated rings. The van der Waals surface area contributed by atoms with E-state index in [2.05, 4.69) is 12.2 Å². The van der Waals surface area contributed by atoms with E-state index in [0.717, 1.165) is 12.8 Å². The number of allylic oxidation sites excluding steroid dienone is 2. The number of carbonyl (C=O) groups is 1. The lowest BCUT2D eigenvalue weighted by molar-refractivity contribution is -0.150. The highest BCUT2D eigenvalue weighted by atomic mass is 16.5. The van der Waals surface area contributed by atoms with Crippen LogP contribution in [0.4, 0.5) is 0 Å². The van der Waals surface area contributed by atoms with Gasteiger partial charge in [0.15, 0.2) is 0 Å². The molecule has 1 aliphatic rings. The number of carbonyl (C=O) groups excluding carboxylic acids is 1.